The molecule has 1 saturated heterocycles. The minimum absolute atomic E-state index is 0.0658. The van der Waals surface area contributed by atoms with E-state index < -0.39 is 0 Å². The number of carbonyl (C=O) groups excluding carboxylic acids is 1. The van der Waals surface area contributed by atoms with E-state index in [0.717, 1.165) is 37.6 Å². The zero-order chi connectivity index (χ0) is 13.7. The Hall–Kier alpha value is -1.55. The third-order valence-corrected chi connectivity index (χ3v) is 3.45. The van der Waals surface area contributed by atoms with Gasteiger partial charge in [-0.25, -0.2) is 0 Å². The maximum Gasteiger partial charge on any atom is 0.229 e. The standard InChI is InChI=1S/C15H22N2O2/c1-3-8-19-13-6-4-12(5-7-13)17-15(18)14-10-16-9-11(14)2/h4-7,11,14,16H,3,8-10H2,1-2H3,(H,17,18)/t11-,14-/m1/s1. The van der Waals surface area contributed by atoms with Gasteiger partial charge in [0.25, 0.3) is 0 Å². The number of anilines is 1. The van der Waals surface area contributed by atoms with Crippen LogP contribution in [0.25, 0.3) is 0 Å². The summed E-state index contributed by atoms with van der Waals surface area (Å²) in [6.07, 6.45) is 0.991. The monoisotopic (exact) mass is 262 g/mol. The van der Waals surface area contributed by atoms with Crippen molar-refractivity contribution >= 4 is 11.6 Å². The highest BCUT2D eigenvalue weighted by atomic mass is 16.5. The van der Waals surface area contributed by atoms with E-state index in [0.29, 0.717) is 5.92 Å². The first kappa shape index (κ1) is 13.9. The molecule has 1 aromatic rings. The highest BCUT2D eigenvalue weighted by molar-refractivity contribution is 5.93. The molecule has 1 aliphatic heterocycles. The molecule has 0 aromatic heterocycles. The van der Waals surface area contributed by atoms with Gasteiger partial charge < -0.3 is 15.4 Å². The molecule has 0 spiro atoms. The molecular formula is C15H22N2O2. The van der Waals surface area contributed by atoms with Crippen molar-refractivity contribution in [2.24, 2.45) is 11.8 Å². The molecule has 4 nitrogen and oxygen atoms in total. The number of benzene rings is 1. The van der Waals surface area contributed by atoms with Gasteiger partial charge >= 0.3 is 0 Å². The maximum absolute atomic E-state index is 12.1. The van der Waals surface area contributed by atoms with Crippen LogP contribution in [0.15, 0.2) is 24.3 Å². The van der Waals surface area contributed by atoms with Crippen molar-refractivity contribution in [1.29, 1.82) is 0 Å². The normalized spacial score (nSPS) is 22.2. The Bertz CT molecular complexity index is 417. The number of hydrogen-bond acceptors (Lipinski definition) is 3. The van der Waals surface area contributed by atoms with Crippen LogP contribution in [0.1, 0.15) is 20.3 Å². The number of carbonyl (C=O) groups is 1. The summed E-state index contributed by atoms with van der Waals surface area (Å²) in [5.74, 6) is 1.40. The summed E-state index contributed by atoms with van der Waals surface area (Å²) in [7, 11) is 0. The molecule has 0 saturated carbocycles. The lowest BCUT2D eigenvalue weighted by Gasteiger charge is -2.14. The maximum atomic E-state index is 12.1. The van der Waals surface area contributed by atoms with Crippen molar-refractivity contribution in [2.45, 2.75) is 20.3 Å². The minimum Gasteiger partial charge on any atom is -0.494 e. The Morgan fingerprint density at radius 1 is 1.37 bits per heavy atom. The second-order valence-corrected chi connectivity index (χ2v) is 5.10. The molecule has 1 aliphatic rings. The molecule has 2 atom stereocenters. The van der Waals surface area contributed by atoms with E-state index >= 15 is 0 Å². The van der Waals surface area contributed by atoms with Crippen molar-refractivity contribution in [2.75, 3.05) is 25.0 Å². The zero-order valence-electron chi connectivity index (χ0n) is 11.6. The molecule has 4 heteroatoms. The first-order valence-corrected chi connectivity index (χ1v) is 6.95. The molecule has 1 fully saturated rings. The van der Waals surface area contributed by atoms with Gasteiger partial charge in [0.05, 0.1) is 12.5 Å². The van der Waals surface area contributed by atoms with Crippen molar-refractivity contribution in [3.63, 3.8) is 0 Å². The van der Waals surface area contributed by atoms with Gasteiger partial charge in [0, 0.05) is 12.2 Å². The highest BCUT2D eigenvalue weighted by Gasteiger charge is 2.29. The predicted molar refractivity (Wildman–Crippen MR) is 76.4 cm³/mol. The fourth-order valence-electron chi connectivity index (χ4n) is 2.25. The van der Waals surface area contributed by atoms with Crippen molar-refractivity contribution in [1.82, 2.24) is 5.32 Å². The number of rotatable bonds is 5. The smallest absolute Gasteiger partial charge is 0.229 e. The van der Waals surface area contributed by atoms with E-state index in [4.69, 9.17) is 4.74 Å². The van der Waals surface area contributed by atoms with Gasteiger partial charge in [-0.05, 0) is 43.1 Å². The van der Waals surface area contributed by atoms with E-state index in [9.17, 15) is 4.79 Å². The summed E-state index contributed by atoms with van der Waals surface area (Å²) in [5, 5.41) is 6.20. The highest BCUT2D eigenvalue weighted by Crippen LogP contribution is 2.20. The third kappa shape index (κ3) is 3.70. The predicted octanol–water partition coefficient (Wildman–Crippen LogP) is 2.27. The lowest BCUT2D eigenvalue weighted by molar-refractivity contribution is -0.120. The summed E-state index contributed by atoms with van der Waals surface area (Å²) in [6, 6.07) is 7.55. The first-order valence-electron chi connectivity index (χ1n) is 6.95. The molecule has 1 amide bonds. The van der Waals surface area contributed by atoms with Gasteiger partial charge in [-0.15, -0.1) is 0 Å². The SMILES string of the molecule is CCCOc1ccc(NC(=O)[C@@H]2CNC[C@H]2C)cc1. The summed E-state index contributed by atoms with van der Waals surface area (Å²) < 4.78 is 5.51. The topological polar surface area (TPSA) is 50.4 Å². The summed E-state index contributed by atoms with van der Waals surface area (Å²) in [6.45, 7) is 6.58. The van der Waals surface area contributed by atoms with Gasteiger partial charge in [-0.2, -0.15) is 0 Å². The largest absolute Gasteiger partial charge is 0.494 e. The van der Waals surface area contributed by atoms with Crippen LogP contribution < -0.4 is 15.4 Å². The molecule has 2 N–H and O–H groups in total. The molecule has 104 valence electrons. The van der Waals surface area contributed by atoms with Crippen molar-refractivity contribution < 1.29 is 9.53 Å². The second kappa shape index (κ2) is 6.57. The van der Waals surface area contributed by atoms with Crippen LogP contribution in [-0.4, -0.2) is 25.6 Å². The third-order valence-electron chi connectivity index (χ3n) is 3.45. The average Bonchev–Trinajstić information content (AvgIpc) is 2.84. The lowest BCUT2D eigenvalue weighted by atomic mass is 9.97. The molecule has 1 heterocycles. The van der Waals surface area contributed by atoms with Crippen LogP contribution in [-0.2, 0) is 4.79 Å². The average molecular weight is 262 g/mol. The molecule has 0 radical (unpaired) electrons. The molecular weight excluding hydrogens is 240 g/mol. The molecule has 1 aromatic carbocycles. The van der Waals surface area contributed by atoms with E-state index in [-0.39, 0.29) is 11.8 Å². The minimum atomic E-state index is 0.0658. The Morgan fingerprint density at radius 2 is 2.11 bits per heavy atom. The van der Waals surface area contributed by atoms with Crippen LogP contribution in [0.2, 0.25) is 0 Å². The molecule has 19 heavy (non-hydrogen) atoms. The van der Waals surface area contributed by atoms with E-state index in [2.05, 4.69) is 24.5 Å². The Morgan fingerprint density at radius 3 is 2.68 bits per heavy atom. The number of amides is 1. The van der Waals surface area contributed by atoms with Gasteiger partial charge in [0.2, 0.25) is 5.91 Å². The zero-order valence-corrected chi connectivity index (χ0v) is 11.6. The first-order chi connectivity index (χ1) is 9.20. The van der Waals surface area contributed by atoms with Crippen LogP contribution in [0.3, 0.4) is 0 Å². The van der Waals surface area contributed by atoms with E-state index in [1.165, 1.54) is 0 Å². The van der Waals surface area contributed by atoms with Crippen LogP contribution in [0.5, 0.6) is 5.75 Å². The summed E-state index contributed by atoms with van der Waals surface area (Å²) in [5.41, 5.74) is 0.827. The van der Waals surface area contributed by atoms with Crippen LogP contribution >= 0.6 is 0 Å². The van der Waals surface area contributed by atoms with Crippen molar-refractivity contribution in [3.05, 3.63) is 24.3 Å². The van der Waals surface area contributed by atoms with E-state index in [1.807, 2.05) is 24.3 Å². The summed E-state index contributed by atoms with van der Waals surface area (Å²) >= 11 is 0. The Kier molecular flexibility index (Phi) is 4.80. The fourth-order valence-corrected chi connectivity index (χ4v) is 2.25. The van der Waals surface area contributed by atoms with Crippen LogP contribution in [0, 0.1) is 11.8 Å². The van der Waals surface area contributed by atoms with Gasteiger partial charge in [-0.3, -0.25) is 4.79 Å². The lowest BCUT2D eigenvalue weighted by Crippen LogP contribution is -2.27. The quantitative estimate of drug-likeness (QED) is 0.856. The fraction of sp³-hybridized carbons (Fsp3) is 0.533. The van der Waals surface area contributed by atoms with E-state index in [1.54, 1.807) is 0 Å². The molecule has 0 unspecified atom stereocenters. The van der Waals surface area contributed by atoms with Gasteiger partial charge in [0.15, 0.2) is 0 Å². The number of ether oxygens (including phenoxy) is 1. The Labute approximate surface area is 114 Å². The van der Waals surface area contributed by atoms with Crippen LogP contribution in [0.4, 0.5) is 5.69 Å². The van der Waals surface area contributed by atoms with Gasteiger partial charge in [-0.1, -0.05) is 13.8 Å². The van der Waals surface area contributed by atoms with Crippen molar-refractivity contribution in [3.8, 4) is 5.75 Å². The Balaban J connectivity index is 1.90. The molecule has 0 aliphatic carbocycles. The molecule has 0 bridgehead atoms. The number of hydrogen-bond donors (Lipinski definition) is 2. The number of nitrogens with one attached hydrogen (secondary N) is 2. The molecule has 2 rings (SSSR count). The summed E-state index contributed by atoms with van der Waals surface area (Å²) in [4.78, 5) is 12.1. The second-order valence-electron chi connectivity index (χ2n) is 5.10. The van der Waals surface area contributed by atoms with Gasteiger partial charge in [0.1, 0.15) is 5.75 Å².